The predicted molar refractivity (Wildman–Crippen MR) is 105 cm³/mol. The molecule has 0 bridgehead atoms. The maximum atomic E-state index is 14.3. The van der Waals surface area contributed by atoms with Crippen LogP contribution in [-0.4, -0.2) is 17.6 Å². The number of anilines is 2. The monoisotopic (exact) mass is 362 g/mol. The van der Waals surface area contributed by atoms with Crippen LogP contribution >= 0.6 is 0 Å². The Balaban J connectivity index is 1.74. The van der Waals surface area contributed by atoms with E-state index >= 15 is 0 Å². The topological polar surface area (TPSA) is 61.4 Å². The molecule has 4 rings (SSSR count). The van der Waals surface area contributed by atoms with Crippen molar-refractivity contribution in [1.82, 2.24) is 0 Å². The SMILES string of the molecule is CC(=O)Nc1ccc(-c2cccc(-c3ccc4c(c3)CCN4)c2O)cc1F. The number of amides is 1. The summed E-state index contributed by atoms with van der Waals surface area (Å²) in [7, 11) is 0. The van der Waals surface area contributed by atoms with E-state index in [1.54, 1.807) is 12.1 Å². The third-order valence-electron chi connectivity index (χ3n) is 4.75. The molecule has 0 saturated heterocycles. The lowest BCUT2D eigenvalue weighted by Crippen LogP contribution is -2.07. The molecule has 3 aromatic carbocycles. The molecular weight excluding hydrogens is 343 g/mol. The molecule has 1 heterocycles. The van der Waals surface area contributed by atoms with Gasteiger partial charge in [0, 0.05) is 30.3 Å². The summed E-state index contributed by atoms with van der Waals surface area (Å²) in [5, 5.41) is 16.6. The Morgan fingerprint density at radius 3 is 2.48 bits per heavy atom. The molecule has 0 spiro atoms. The average Bonchev–Trinajstić information content (AvgIpc) is 3.11. The first-order valence-electron chi connectivity index (χ1n) is 8.79. The van der Waals surface area contributed by atoms with Gasteiger partial charge in [-0.25, -0.2) is 4.39 Å². The number of phenols is 1. The van der Waals surface area contributed by atoms with Crippen molar-refractivity contribution in [2.24, 2.45) is 0 Å². The molecule has 0 unspecified atom stereocenters. The van der Waals surface area contributed by atoms with Gasteiger partial charge in [0.1, 0.15) is 11.6 Å². The smallest absolute Gasteiger partial charge is 0.221 e. The van der Waals surface area contributed by atoms with Gasteiger partial charge in [0.2, 0.25) is 5.91 Å². The van der Waals surface area contributed by atoms with Crippen LogP contribution in [-0.2, 0) is 11.2 Å². The van der Waals surface area contributed by atoms with Crippen LogP contribution in [0.2, 0.25) is 0 Å². The number of aromatic hydroxyl groups is 1. The average molecular weight is 362 g/mol. The summed E-state index contributed by atoms with van der Waals surface area (Å²) in [6.07, 6.45) is 0.958. The number of fused-ring (bicyclic) bond motifs is 1. The van der Waals surface area contributed by atoms with Gasteiger partial charge in [0.25, 0.3) is 0 Å². The van der Waals surface area contributed by atoms with Crippen LogP contribution in [0.25, 0.3) is 22.3 Å². The molecule has 0 radical (unpaired) electrons. The molecule has 5 heteroatoms. The summed E-state index contributed by atoms with van der Waals surface area (Å²) in [6, 6.07) is 16.0. The molecule has 0 fully saturated rings. The van der Waals surface area contributed by atoms with E-state index in [9.17, 15) is 14.3 Å². The molecule has 1 amide bonds. The highest BCUT2D eigenvalue weighted by atomic mass is 19.1. The number of para-hydroxylation sites is 1. The van der Waals surface area contributed by atoms with E-state index in [1.165, 1.54) is 24.6 Å². The number of benzene rings is 3. The molecule has 0 aromatic heterocycles. The number of carbonyl (C=O) groups is 1. The largest absolute Gasteiger partial charge is 0.507 e. The quantitative estimate of drug-likeness (QED) is 0.628. The summed E-state index contributed by atoms with van der Waals surface area (Å²) < 4.78 is 14.3. The second kappa shape index (κ2) is 6.76. The van der Waals surface area contributed by atoms with E-state index in [0.717, 1.165) is 24.2 Å². The number of hydrogen-bond acceptors (Lipinski definition) is 3. The molecule has 0 aliphatic carbocycles. The van der Waals surface area contributed by atoms with Gasteiger partial charge in [-0.15, -0.1) is 0 Å². The van der Waals surface area contributed by atoms with Crippen LogP contribution in [0.15, 0.2) is 54.6 Å². The second-order valence-electron chi connectivity index (χ2n) is 6.63. The first-order valence-corrected chi connectivity index (χ1v) is 8.79. The molecule has 27 heavy (non-hydrogen) atoms. The van der Waals surface area contributed by atoms with Crippen LogP contribution < -0.4 is 10.6 Å². The normalized spacial score (nSPS) is 12.4. The van der Waals surface area contributed by atoms with Crippen LogP contribution in [0, 0.1) is 5.82 Å². The highest BCUT2D eigenvalue weighted by molar-refractivity contribution is 5.89. The number of nitrogens with one attached hydrogen (secondary N) is 2. The van der Waals surface area contributed by atoms with Crippen molar-refractivity contribution in [2.75, 3.05) is 17.2 Å². The molecule has 0 saturated carbocycles. The van der Waals surface area contributed by atoms with Crippen molar-refractivity contribution in [3.05, 3.63) is 66.0 Å². The third-order valence-corrected chi connectivity index (χ3v) is 4.75. The Hall–Kier alpha value is -3.34. The fourth-order valence-electron chi connectivity index (χ4n) is 3.46. The third kappa shape index (κ3) is 3.24. The van der Waals surface area contributed by atoms with Crippen LogP contribution in [0.4, 0.5) is 15.8 Å². The van der Waals surface area contributed by atoms with E-state index in [4.69, 9.17) is 0 Å². The number of rotatable bonds is 3. The molecular formula is C22H19FN2O2. The zero-order valence-electron chi connectivity index (χ0n) is 14.8. The number of phenolic OH excluding ortho intramolecular Hbond substituents is 1. The van der Waals surface area contributed by atoms with E-state index < -0.39 is 5.82 Å². The minimum Gasteiger partial charge on any atom is -0.507 e. The zero-order valence-corrected chi connectivity index (χ0v) is 14.8. The lowest BCUT2D eigenvalue weighted by Gasteiger charge is -2.12. The van der Waals surface area contributed by atoms with Gasteiger partial charge in [-0.1, -0.05) is 30.3 Å². The first-order chi connectivity index (χ1) is 13.0. The number of carbonyl (C=O) groups excluding carboxylic acids is 1. The van der Waals surface area contributed by atoms with Gasteiger partial charge in [0.05, 0.1) is 5.69 Å². The van der Waals surface area contributed by atoms with Crippen molar-refractivity contribution in [3.8, 4) is 28.0 Å². The molecule has 0 atom stereocenters. The zero-order chi connectivity index (χ0) is 19.0. The molecule has 3 N–H and O–H groups in total. The van der Waals surface area contributed by atoms with Crippen molar-refractivity contribution < 1.29 is 14.3 Å². The summed E-state index contributed by atoms with van der Waals surface area (Å²) in [5.41, 5.74) is 5.19. The molecule has 4 nitrogen and oxygen atoms in total. The Morgan fingerprint density at radius 1 is 1.07 bits per heavy atom. The molecule has 1 aliphatic heterocycles. The molecule has 3 aromatic rings. The highest BCUT2D eigenvalue weighted by Crippen LogP contribution is 2.40. The lowest BCUT2D eigenvalue weighted by molar-refractivity contribution is -0.114. The Kier molecular flexibility index (Phi) is 4.28. The van der Waals surface area contributed by atoms with Gasteiger partial charge in [-0.2, -0.15) is 0 Å². The van der Waals surface area contributed by atoms with E-state index in [2.05, 4.69) is 16.7 Å². The number of hydrogen-bond donors (Lipinski definition) is 3. The minimum atomic E-state index is -0.545. The predicted octanol–water partition coefficient (Wildman–Crippen LogP) is 4.79. The Morgan fingerprint density at radius 2 is 1.78 bits per heavy atom. The fraction of sp³-hybridized carbons (Fsp3) is 0.136. The van der Waals surface area contributed by atoms with Crippen molar-refractivity contribution in [1.29, 1.82) is 0 Å². The van der Waals surface area contributed by atoms with Gasteiger partial charge in [-0.05, 0) is 47.4 Å². The Bertz CT molecular complexity index is 1050. The van der Waals surface area contributed by atoms with E-state index in [-0.39, 0.29) is 17.3 Å². The summed E-state index contributed by atoms with van der Waals surface area (Å²) in [5.74, 6) is -0.774. The second-order valence-corrected chi connectivity index (χ2v) is 6.63. The standard InChI is InChI=1S/C22H19FN2O2/c1-13(26)25-21-8-6-15(12-19(21)23)18-4-2-3-17(22(18)27)14-5-7-20-16(11-14)9-10-24-20/h2-8,11-12,24,27H,9-10H2,1H3,(H,25,26). The summed E-state index contributed by atoms with van der Waals surface area (Å²) >= 11 is 0. The van der Waals surface area contributed by atoms with Crippen LogP contribution in [0.3, 0.4) is 0 Å². The molecule has 136 valence electrons. The fourth-order valence-corrected chi connectivity index (χ4v) is 3.46. The maximum absolute atomic E-state index is 14.3. The van der Waals surface area contributed by atoms with Crippen LogP contribution in [0.1, 0.15) is 12.5 Å². The van der Waals surface area contributed by atoms with Crippen LogP contribution in [0.5, 0.6) is 5.75 Å². The van der Waals surface area contributed by atoms with Crippen molar-refractivity contribution >= 4 is 17.3 Å². The summed E-state index contributed by atoms with van der Waals surface area (Å²) in [6.45, 7) is 2.25. The minimum absolute atomic E-state index is 0.107. The van der Waals surface area contributed by atoms with Gasteiger partial charge >= 0.3 is 0 Å². The molecule has 1 aliphatic rings. The van der Waals surface area contributed by atoms with E-state index in [1.807, 2.05) is 24.3 Å². The highest BCUT2D eigenvalue weighted by Gasteiger charge is 2.15. The summed E-state index contributed by atoms with van der Waals surface area (Å²) in [4.78, 5) is 11.1. The number of halogens is 1. The maximum Gasteiger partial charge on any atom is 0.221 e. The Labute approximate surface area is 156 Å². The van der Waals surface area contributed by atoms with Crippen molar-refractivity contribution in [2.45, 2.75) is 13.3 Å². The van der Waals surface area contributed by atoms with Gasteiger partial charge in [-0.3, -0.25) is 4.79 Å². The first kappa shape index (κ1) is 17.1. The van der Waals surface area contributed by atoms with E-state index in [0.29, 0.717) is 16.7 Å². The van der Waals surface area contributed by atoms with Crippen molar-refractivity contribution in [3.63, 3.8) is 0 Å². The van der Waals surface area contributed by atoms with Gasteiger partial charge < -0.3 is 15.7 Å². The van der Waals surface area contributed by atoms with Gasteiger partial charge in [0.15, 0.2) is 0 Å². The lowest BCUT2D eigenvalue weighted by atomic mass is 9.95.